The van der Waals surface area contributed by atoms with Crippen LogP contribution in [0.1, 0.15) is 110 Å². The van der Waals surface area contributed by atoms with Crippen molar-refractivity contribution in [1.29, 1.82) is 0 Å². The minimum absolute atomic E-state index is 0.127. The number of carbonyl (C=O) groups excluding carboxylic acids is 2. The van der Waals surface area contributed by atoms with E-state index in [4.69, 9.17) is 10.5 Å². The van der Waals surface area contributed by atoms with Gasteiger partial charge in [-0.3, -0.25) is 4.79 Å². The van der Waals surface area contributed by atoms with Gasteiger partial charge in [-0.15, -0.1) is 0 Å². The molecule has 0 aromatic rings. The zero-order chi connectivity index (χ0) is 19.5. The molecule has 0 unspecified atom stereocenters. The largest absolute Gasteiger partial charge is 0.462 e. The van der Waals surface area contributed by atoms with E-state index in [2.05, 4.69) is 13.5 Å². The van der Waals surface area contributed by atoms with E-state index in [1.807, 2.05) is 0 Å². The van der Waals surface area contributed by atoms with Crippen LogP contribution in [0.3, 0.4) is 0 Å². The van der Waals surface area contributed by atoms with Crippen LogP contribution in [0.15, 0.2) is 12.2 Å². The maximum atomic E-state index is 11.5. The second-order valence-electron chi connectivity index (χ2n) is 7.33. The van der Waals surface area contributed by atoms with Crippen molar-refractivity contribution in [2.75, 3.05) is 6.61 Å². The molecule has 0 aromatic heterocycles. The molecule has 0 atom stereocenters. The average Bonchev–Trinajstić information content (AvgIpc) is 2.60. The molecule has 0 saturated carbocycles. The Labute approximate surface area is 160 Å². The Morgan fingerprint density at radius 1 is 0.731 bits per heavy atom. The summed E-state index contributed by atoms with van der Waals surface area (Å²) in [5, 5.41) is 0. The fourth-order valence-electron chi connectivity index (χ4n) is 3.02. The predicted octanol–water partition coefficient (Wildman–Crippen LogP) is 5.83. The van der Waals surface area contributed by atoms with Crippen LogP contribution in [-0.2, 0) is 14.3 Å². The van der Waals surface area contributed by atoms with E-state index in [1.165, 1.54) is 83.5 Å². The number of ether oxygens (including phenoxy) is 1. The van der Waals surface area contributed by atoms with Crippen LogP contribution >= 0.6 is 0 Å². The van der Waals surface area contributed by atoms with Gasteiger partial charge in [0.2, 0.25) is 5.91 Å². The van der Waals surface area contributed by atoms with Crippen LogP contribution < -0.4 is 5.73 Å². The Morgan fingerprint density at radius 3 is 1.50 bits per heavy atom. The summed E-state index contributed by atoms with van der Waals surface area (Å²) < 4.78 is 5.07. The quantitative estimate of drug-likeness (QED) is 0.177. The Bertz CT molecular complexity index is 380. The van der Waals surface area contributed by atoms with E-state index in [0.717, 1.165) is 12.8 Å². The number of nitrogens with two attached hydrogens (primary N) is 1. The maximum absolute atomic E-state index is 11.5. The first-order valence-electron chi connectivity index (χ1n) is 10.7. The van der Waals surface area contributed by atoms with E-state index >= 15 is 0 Å². The first kappa shape index (κ1) is 24.7. The topological polar surface area (TPSA) is 69.4 Å². The highest BCUT2D eigenvalue weighted by Gasteiger charge is 2.10. The third-order valence-corrected chi connectivity index (χ3v) is 4.66. The van der Waals surface area contributed by atoms with E-state index in [9.17, 15) is 9.59 Å². The molecule has 0 spiro atoms. The number of rotatable bonds is 19. The van der Waals surface area contributed by atoms with Crippen molar-refractivity contribution in [2.24, 2.45) is 5.73 Å². The molecule has 0 radical (unpaired) electrons. The lowest BCUT2D eigenvalue weighted by Gasteiger charge is -2.06. The summed E-state index contributed by atoms with van der Waals surface area (Å²) in [5.74, 6) is -1.06. The minimum Gasteiger partial charge on any atom is -0.462 e. The van der Waals surface area contributed by atoms with E-state index < -0.39 is 11.9 Å². The Morgan fingerprint density at radius 2 is 1.12 bits per heavy atom. The normalized spacial score (nSPS) is 10.7. The molecular formula is C22H41NO3. The Hall–Kier alpha value is -1.32. The summed E-state index contributed by atoms with van der Waals surface area (Å²) in [6.45, 7) is 6.17. The number of hydrogen-bond acceptors (Lipinski definition) is 3. The standard InChI is InChI=1S/C22H41NO3/c1-3-4-5-6-7-8-9-10-11-12-13-14-15-16-17-18-26-22(25)20(2)19-21(23)24/h2-19H2,1H3,(H2,23,24). The molecule has 1 amide bonds. The Balaban J connectivity index is 3.21. The van der Waals surface area contributed by atoms with Gasteiger partial charge in [-0.1, -0.05) is 103 Å². The van der Waals surface area contributed by atoms with Crippen molar-refractivity contribution >= 4 is 11.9 Å². The zero-order valence-electron chi connectivity index (χ0n) is 17.0. The van der Waals surface area contributed by atoms with Crippen LogP contribution in [0.2, 0.25) is 0 Å². The Kier molecular flexibility index (Phi) is 17.5. The van der Waals surface area contributed by atoms with Gasteiger partial charge in [-0.05, 0) is 6.42 Å². The lowest BCUT2D eigenvalue weighted by atomic mass is 10.0. The number of amides is 1. The van der Waals surface area contributed by atoms with Gasteiger partial charge in [-0.25, -0.2) is 4.79 Å². The van der Waals surface area contributed by atoms with Crippen LogP contribution in [0.5, 0.6) is 0 Å². The molecule has 152 valence electrons. The summed E-state index contributed by atoms with van der Waals surface area (Å²) in [6, 6.07) is 0. The molecule has 0 fully saturated rings. The molecule has 0 aliphatic rings. The van der Waals surface area contributed by atoms with Crippen molar-refractivity contribution in [2.45, 2.75) is 110 Å². The molecular weight excluding hydrogens is 326 g/mol. The fraction of sp³-hybridized carbons (Fsp3) is 0.818. The number of carbonyl (C=O) groups is 2. The highest BCUT2D eigenvalue weighted by Crippen LogP contribution is 2.13. The predicted molar refractivity (Wildman–Crippen MR) is 109 cm³/mol. The van der Waals surface area contributed by atoms with E-state index in [-0.39, 0.29) is 12.0 Å². The van der Waals surface area contributed by atoms with Gasteiger partial charge in [-0.2, -0.15) is 0 Å². The molecule has 0 aliphatic heterocycles. The average molecular weight is 368 g/mol. The third-order valence-electron chi connectivity index (χ3n) is 4.66. The van der Waals surface area contributed by atoms with Gasteiger partial charge in [0.25, 0.3) is 0 Å². The molecule has 0 aromatic carbocycles. The molecule has 0 bridgehead atoms. The second-order valence-corrected chi connectivity index (χ2v) is 7.33. The molecule has 0 saturated heterocycles. The summed E-state index contributed by atoms with van der Waals surface area (Å²) >= 11 is 0. The maximum Gasteiger partial charge on any atom is 0.333 e. The lowest BCUT2D eigenvalue weighted by molar-refractivity contribution is -0.140. The van der Waals surface area contributed by atoms with Crippen molar-refractivity contribution < 1.29 is 14.3 Å². The van der Waals surface area contributed by atoms with Crippen molar-refractivity contribution in [3.05, 3.63) is 12.2 Å². The van der Waals surface area contributed by atoms with Crippen LogP contribution in [0, 0.1) is 0 Å². The smallest absolute Gasteiger partial charge is 0.333 e. The van der Waals surface area contributed by atoms with Crippen molar-refractivity contribution in [3.63, 3.8) is 0 Å². The lowest BCUT2D eigenvalue weighted by Crippen LogP contribution is -2.16. The summed E-state index contributed by atoms with van der Waals surface area (Å²) in [7, 11) is 0. The molecule has 0 aliphatic carbocycles. The van der Waals surface area contributed by atoms with Gasteiger partial charge in [0.1, 0.15) is 0 Å². The van der Waals surface area contributed by atoms with E-state index in [1.54, 1.807) is 0 Å². The van der Waals surface area contributed by atoms with Crippen LogP contribution in [0.25, 0.3) is 0 Å². The summed E-state index contributed by atoms with van der Waals surface area (Å²) in [6.07, 6.45) is 19.5. The first-order chi connectivity index (χ1) is 12.6. The monoisotopic (exact) mass is 367 g/mol. The van der Waals surface area contributed by atoms with Gasteiger partial charge in [0, 0.05) is 5.57 Å². The summed E-state index contributed by atoms with van der Waals surface area (Å²) in [4.78, 5) is 22.2. The molecule has 0 heterocycles. The molecule has 2 N–H and O–H groups in total. The highest BCUT2D eigenvalue weighted by molar-refractivity contribution is 5.94. The zero-order valence-corrected chi connectivity index (χ0v) is 17.0. The highest BCUT2D eigenvalue weighted by atomic mass is 16.5. The minimum atomic E-state index is -0.557. The van der Waals surface area contributed by atoms with Gasteiger partial charge >= 0.3 is 5.97 Å². The SMILES string of the molecule is C=C(CC(N)=O)C(=O)OCCCCCCCCCCCCCCCCC. The second kappa shape index (κ2) is 18.5. The van der Waals surface area contributed by atoms with Crippen LogP contribution in [0.4, 0.5) is 0 Å². The van der Waals surface area contributed by atoms with Gasteiger partial charge in [0.05, 0.1) is 13.0 Å². The van der Waals surface area contributed by atoms with Gasteiger partial charge in [0.15, 0.2) is 0 Å². The number of esters is 1. The molecule has 0 rings (SSSR count). The fourth-order valence-corrected chi connectivity index (χ4v) is 3.02. The third kappa shape index (κ3) is 17.5. The molecule has 4 heteroatoms. The van der Waals surface area contributed by atoms with Crippen molar-refractivity contribution in [1.82, 2.24) is 0 Å². The number of primary amides is 1. The van der Waals surface area contributed by atoms with Crippen molar-refractivity contribution in [3.8, 4) is 0 Å². The van der Waals surface area contributed by atoms with E-state index in [0.29, 0.717) is 6.61 Å². The summed E-state index contributed by atoms with van der Waals surface area (Å²) in [5.41, 5.74) is 5.15. The number of unbranched alkanes of at least 4 members (excludes halogenated alkanes) is 14. The van der Waals surface area contributed by atoms with Crippen LogP contribution in [-0.4, -0.2) is 18.5 Å². The van der Waals surface area contributed by atoms with Gasteiger partial charge < -0.3 is 10.5 Å². The molecule has 4 nitrogen and oxygen atoms in total. The molecule has 26 heavy (non-hydrogen) atoms. The first-order valence-corrected chi connectivity index (χ1v) is 10.7. The number of hydrogen-bond donors (Lipinski definition) is 1.